The number of aryl methyl sites for hydroxylation is 1. The van der Waals surface area contributed by atoms with E-state index in [0.29, 0.717) is 29.3 Å². The van der Waals surface area contributed by atoms with Crippen LogP contribution in [0.5, 0.6) is 0 Å². The predicted molar refractivity (Wildman–Crippen MR) is 79.2 cm³/mol. The van der Waals surface area contributed by atoms with E-state index < -0.39 is 17.5 Å². The number of hydrogen-bond donors (Lipinski definition) is 2. The minimum atomic E-state index is -0.860. The molecule has 0 saturated carbocycles. The lowest BCUT2D eigenvalue weighted by Crippen LogP contribution is -2.15. The molecule has 4 nitrogen and oxygen atoms in total. The molecule has 1 heterocycles. The SMILES string of the molecule is CCc1c(C(=O)Nc2ccc(F)cc2F)[nH]c(C)c1C(C)=O. The minimum Gasteiger partial charge on any atom is -0.354 e. The summed E-state index contributed by atoms with van der Waals surface area (Å²) in [7, 11) is 0. The highest BCUT2D eigenvalue weighted by molar-refractivity contribution is 6.07. The van der Waals surface area contributed by atoms with E-state index in [0.717, 1.165) is 12.1 Å². The average molecular weight is 306 g/mol. The molecule has 2 rings (SSSR count). The van der Waals surface area contributed by atoms with Gasteiger partial charge in [-0.15, -0.1) is 0 Å². The quantitative estimate of drug-likeness (QED) is 0.847. The van der Waals surface area contributed by atoms with Gasteiger partial charge in [0.2, 0.25) is 0 Å². The molecular formula is C16H16F2N2O2. The molecule has 0 radical (unpaired) electrons. The molecule has 1 aromatic heterocycles. The monoisotopic (exact) mass is 306 g/mol. The van der Waals surface area contributed by atoms with Crippen LogP contribution in [-0.2, 0) is 6.42 Å². The van der Waals surface area contributed by atoms with Gasteiger partial charge in [-0.3, -0.25) is 9.59 Å². The Balaban J connectivity index is 2.38. The molecular weight excluding hydrogens is 290 g/mol. The zero-order chi connectivity index (χ0) is 16.4. The molecule has 0 aliphatic rings. The number of rotatable bonds is 4. The molecule has 0 atom stereocenters. The Morgan fingerprint density at radius 3 is 2.50 bits per heavy atom. The summed E-state index contributed by atoms with van der Waals surface area (Å²) >= 11 is 0. The van der Waals surface area contributed by atoms with Crippen molar-refractivity contribution >= 4 is 17.4 Å². The van der Waals surface area contributed by atoms with Crippen LogP contribution in [0.3, 0.4) is 0 Å². The first kappa shape index (κ1) is 15.9. The summed E-state index contributed by atoms with van der Waals surface area (Å²) in [5, 5.41) is 2.38. The lowest BCUT2D eigenvalue weighted by Gasteiger charge is -2.07. The summed E-state index contributed by atoms with van der Waals surface area (Å²) in [5.41, 5.74) is 1.75. The Morgan fingerprint density at radius 1 is 1.27 bits per heavy atom. The first-order valence-electron chi connectivity index (χ1n) is 6.83. The van der Waals surface area contributed by atoms with Gasteiger partial charge in [-0.25, -0.2) is 8.78 Å². The molecule has 22 heavy (non-hydrogen) atoms. The standard InChI is InChI=1S/C16H16F2N2O2/c1-4-11-14(9(3)21)8(2)19-15(11)16(22)20-13-6-5-10(17)7-12(13)18/h5-7,19H,4H2,1-3H3,(H,20,22). The smallest absolute Gasteiger partial charge is 0.272 e. The van der Waals surface area contributed by atoms with Crippen molar-refractivity contribution in [1.29, 1.82) is 0 Å². The van der Waals surface area contributed by atoms with Crippen LogP contribution in [0.2, 0.25) is 0 Å². The topological polar surface area (TPSA) is 62.0 Å². The van der Waals surface area contributed by atoms with E-state index in [2.05, 4.69) is 10.3 Å². The number of amides is 1. The van der Waals surface area contributed by atoms with E-state index in [1.807, 2.05) is 6.92 Å². The van der Waals surface area contributed by atoms with Gasteiger partial charge >= 0.3 is 0 Å². The largest absolute Gasteiger partial charge is 0.354 e. The maximum absolute atomic E-state index is 13.6. The molecule has 0 fully saturated rings. The molecule has 0 bridgehead atoms. The van der Waals surface area contributed by atoms with Crippen LogP contribution in [0.1, 0.15) is 46.0 Å². The fraction of sp³-hybridized carbons (Fsp3) is 0.250. The van der Waals surface area contributed by atoms with Crippen molar-refractivity contribution in [1.82, 2.24) is 4.98 Å². The summed E-state index contributed by atoms with van der Waals surface area (Å²) in [6.07, 6.45) is 0.480. The van der Waals surface area contributed by atoms with Crippen LogP contribution in [0.25, 0.3) is 0 Å². The number of anilines is 1. The first-order chi connectivity index (χ1) is 10.3. The third-order valence-electron chi connectivity index (χ3n) is 3.40. The number of halogens is 2. The van der Waals surface area contributed by atoms with Gasteiger partial charge in [-0.1, -0.05) is 6.92 Å². The molecule has 6 heteroatoms. The summed E-state index contributed by atoms with van der Waals surface area (Å²) in [5.74, 6) is -2.30. The maximum Gasteiger partial charge on any atom is 0.272 e. The summed E-state index contributed by atoms with van der Waals surface area (Å²) in [6.45, 7) is 4.95. The molecule has 116 valence electrons. The van der Waals surface area contributed by atoms with Crippen molar-refractivity contribution in [3.05, 3.63) is 52.3 Å². The minimum absolute atomic E-state index is 0.120. The van der Waals surface area contributed by atoms with E-state index in [4.69, 9.17) is 0 Å². The van der Waals surface area contributed by atoms with Crippen molar-refractivity contribution in [2.75, 3.05) is 5.32 Å². The van der Waals surface area contributed by atoms with Gasteiger partial charge < -0.3 is 10.3 Å². The van der Waals surface area contributed by atoms with Crippen molar-refractivity contribution in [2.45, 2.75) is 27.2 Å². The van der Waals surface area contributed by atoms with Crippen LogP contribution in [0.15, 0.2) is 18.2 Å². The van der Waals surface area contributed by atoms with Gasteiger partial charge in [0, 0.05) is 17.3 Å². The van der Waals surface area contributed by atoms with Crippen molar-refractivity contribution < 1.29 is 18.4 Å². The molecule has 0 saturated heterocycles. The Kier molecular flexibility index (Phi) is 4.40. The van der Waals surface area contributed by atoms with Crippen molar-refractivity contribution in [3.8, 4) is 0 Å². The van der Waals surface area contributed by atoms with Crippen molar-refractivity contribution in [2.24, 2.45) is 0 Å². The Labute approximate surface area is 126 Å². The number of benzene rings is 1. The zero-order valence-electron chi connectivity index (χ0n) is 12.5. The number of carbonyl (C=O) groups excluding carboxylic acids is 2. The van der Waals surface area contributed by atoms with Crippen LogP contribution < -0.4 is 5.32 Å². The summed E-state index contributed by atoms with van der Waals surface area (Å²) < 4.78 is 26.5. The molecule has 2 N–H and O–H groups in total. The molecule has 0 aliphatic heterocycles. The van der Waals surface area contributed by atoms with Crippen LogP contribution in [0.4, 0.5) is 14.5 Å². The Bertz CT molecular complexity index is 751. The van der Waals surface area contributed by atoms with Gasteiger partial charge in [-0.2, -0.15) is 0 Å². The molecule has 0 aliphatic carbocycles. The van der Waals surface area contributed by atoms with E-state index >= 15 is 0 Å². The lowest BCUT2D eigenvalue weighted by molar-refractivity contribution is 0.101. The van der Waals surface area contributed by atoms with E-state index in [1.54, 1.807) is 6.92 Å². The number of Topliss-reactive ketones (excluding diaryl/α,β-unsaturated/α-hetero) is 1. The number of H-pyrrole nitrogens is 1. The molecule has 1 amide bonds. The van der Waals surface area contributed by atoms with Gasteiger partial charge in [0.05, 0.1) is 5.69 Å². The van der Waals surface area contributed by atoms with E-state index in [-0.39, 0.29) is 17.2 Å². The second kappa shape index (κ2) is 6.09. The average Bonchev–Trinajstić information content (AvgIpc) is 2.78. The zero-order valence-corrected chi connectivity index (χ0v) is 12.5. The highest BCUT2D eigenvalue weighted by Gasteiger charge is 2.22. The number of hydrogen-bond acceptors (Lipinski definition) is 2. The summed E-state index contributed by atoms with van der Waals surface area (Å²) in [4.78, 5) is 26.9. The number of aromatic amines is 1. The normalized spacial score (nSPS) is 10.6. The predicted octanol–water partition coefficient (Wildman–Crippen LogP) is 3.62. The molecule has 0 spiro atoms. The second-order valence-electron chi connectivity index (χ2n) is 4.97. The lowest BCUT2D eigenvalue weighted by atomic mass is 10.0. The fourth-order valence-electron chi connectivity index (χ4n) is 2.48. The number of aromatic nitrogens is 1. The highest BCUT2D eigenvalue weighted by Crippen LogP contribution is 2.22. The van der Waals surface area contributed by atoms with Gasteiger partial charge in [0.25, 0.3) is 5.91 Å². The van der Waals surface area contributed by atoms with Crippen LogP contribution >= 0.6 is 0 Å². The Morgan fingerprint density at radius 2 is 1.95 bits per heavy atom. The number of ketones is 1. The second-order valence-corrected chi connectivity index (χ2v) is 4.97. The van der Waals surface area contributed by atoms with Gasteiger partial charge in [0.15, 0.2) is 5.78 Å². The third kappa shape index (κ3) is 2.90. The van der Waals surface area contributed by atoms with E-state index in [9.17, 15) is 18.4 Å². The van der Waals surface area contributed by atoms with Gasteiger partial charge in [-0.05, 0) is 38.0 Å². The van der Waals surface area contributed by atoms with Gasteiger partial charge in [0.1, 0.15) is 17.3 Å². The molecule has 2 aromatic rings. The molecule has 0 unspecified atom stereocenters. The number of nitrogens with one attached hydrogen (secondary N) is 2. The summed E-state index contributed by atoms with van der Waals surface area (Å²) in [6, 6.07) is 2.90. The fourth-order valence-corrected chi connectivity index (χ4v) is 2.48. The first-order valence-corrected chi connectivity index (χ1v) is 6.83. The van der Waals surface area contributed by atoms with Crippen molar-refractivity contribution in [3.63, 3.8) is 0 Å². The molecule has 1 aromatic carbocycles. The van der Waals surface area contributed by atoms with E-state index in [1.165, 1.54) is 6.92 Å². The highest BCUT2D eigenvalue weighted by atomic mass is 19.1. The Hall–Kier alpha value is -2.50. The van der Waals surface area contributed by atoms with Crippen LogP contribution in [0, 0.1) is 18.6 Å². The van der Waals surface area contributed by atoms with Crippen LogP contribution in [-0.4, -0.2) is 16.7 Å². The third-order valence-corrected chi connectivity index (χ3v) is 3.40. The number of carbonyl (C=O) groups is 2. The maximum atomic E-state index is 13.6.